The van der Waals surface area contributed by atoms with Crippen LogP contribution in [0.3, 0.4) is 0 Å². The van der Waals surface area contributed by atoms with Gasteiger partial charge in [-0.2, -0.15) is 0 Å². The third kappa shape index (κ3) is 8.76. The Morgan fingerprint density at radius 2 is 1.44 bits per heavy atom. The van der Waals surface area contributed by atoms with Gasteiger partial charge in [0.2, 0.25) is 5.88 Å². The lowest BCUT2D eigenvalue weighted by Crippen LogP contribution is -2.04. The van der Waals surface area contributed by atoms with Crippen molar-refractivity contribution in [3.05, 3.63) is 36.7 Å². The highest BCUT2D eigenvalue weighted by atomic mass is 16.5. The molecule has 0 aliphatic carbocycles. The van der Waals surface area contributed by atoms with Crippen LogP contribution in [0, 0.1) is 0 Å². The average molecular weight is 372 g/mol. The maximum absolute atomic E-state index is 5.77. The Hall–Kier alpha value is -2.30. The van der Waals surface area contributed by atoms with Gasteiger partial charge < -0.3 is 14.8 Å². The lowest BCUT2D eigenvalue weighted by molar-refractivity contribution is 0.412. The maximum atomic E-state index is 5.77. The van der Waals surface area contributed by atoms with Crippen molar-refractivity contribution in [3.63, 3.8) is 0 Å². The van der Waals surface area contributed by atoms with Crippen molar-refractivity contribution in [2.24, 2.45) is 0 Å². The van der Waals surface area contributed by atoms with Crippen LogP contribution in [-0.4, -0.2) is 23.6 Å². The number of nitrogens with zero attached hydrogens (tertiary/aromatic N) is 2. The van der Waals surface area contributed by atoms with Crippen LogP contribution in [0.25, 0.3) is 0 Å². The molecule has 0 spiro atoms. The zero-order valence-electron chi connectivity index (χ0n) is 16.7. The first-order valence-corrected chi connectivity index (χ1v) is 10.2. The summed E-state index contributed by atoms with van der Waals surface area (Å²) in [6, 6.07) is 9.27. The second-order valence-corrected chi connectivity index (χ2v) is 6.77. The number of benzene rings is 1. The largest absolute Gasteiger partial charge is 0.497 e. The number of aromatic nitrogens is 2. The molecule has 0 amide bonds. The zero-order valence-corrected chi connectivity index (χ0v) is 16.7. The van der Waals surface area contributed by atoms with Crippen molar-refractivity contribution in [2.75, 3.05) is 19.0 Å². The van der Waals surface area contributed by atoms with Gasteiger partial charge in [-0.1, -0.05) is 58.3 Å². The van der Waals surface area contributed by atoms with Gasteiger partial charge in [0.1, 0.15) is 23.6 Å². The molecular formula is C22H33N3O2. The van der Waals surface area contributed by atoms with Crippen molar-refractivity contribution in [1.29, 1.82) is 0 Å². The predicted octanol–water partition coefficient (Wildman–Crippen LogP) is 6.22. The molecule has 0 aliphatic heterocycles. The normalized spacial score (nSPS) is 10.6. The van der Waals surface area contributed by atoms with Crippen LogP contribution in [0.1, 0.15) is 64.7 Å². The molecule has 2 rings (SSSR count). The first-order chi connectivity index (χ1) is 13.3. The molecule has 0 bridgehead atoms. The van der Waals surface area contributed by atoms with Gasteiger partial charge >= 0.3 is 0 Å². The lowest BCUT2D eigenvalue weighted by atomic mass is 10.1. The minimum absolute atomic E-state index is 0.532. The second-order valence-electron chi connectivity index (χ2n) is 6.77. The molecule has 0 unspecified atom stereocenters. The van der Waals surface area contributed by atoms with E-state index in [4.69, 9.17) is 9.47 Å². The van der Waals surface area contributed by atoms with E-state index in [0.717, 1.165) is 30.3 Å². The Labute approximate surface area is 163 Å². The van der Waals surface area contributed by atoms with Crippen LogP contribution in [0.5, 0.6) is 17.4 Å². The smallest absolute Gasteiger partial charge is 0.224 e. The summed E-state index contributed by atoms with van der Waals surface area (Å²) in [5, 5.41) is 3.36. The molecule has 5 nitrogen and oxygen atoms in total. The van der Waals surface area contributed by atoms with E-state index in [1.54, 1.807) is 7.11 Å². The third-order valence-electron chi connectivity index (χ3n) is 4.51. The number of hydrogen-bond donors (Lipinski definition) is 1. The van der Waals surface area contributed by atoms with Crippen LogP contribution in [-0.2, 0) is 0 Å². The van der Waals surface area contributed by atoms with E-state index in [1.807, 2.05) is 30.3 Å². The van der Waals surface area contributed by atoms with Crippen molar-refractivity contribution in [1.82, 2.24) is 9.97 Å². The quantitative estimate of drug-likeness (QED) is 0.399. The van der Waals surface area contributed by atoms with Crippen LogP contribution in [0.2, 0.25) is 0 Å². The van der Waals surface area contributed by atoms with Gasteiger partial charge in [0.25, 0.3) is 0 Å². The molecule has 0 fully saturated rings. The van der Waals surface area contributed by atoms with Gasteiger partial charge in [0.15, 0.2) is 0 Å². The van der Waals surface area contributed by atoms with Crippen LogP contribution in [0.15, 0.2) is 36.7 Å². The molecular weight excluding hydrogens is 338 g/mol. The first kappa shape index (κ1) is 21.0. The van der Waals surface area contributed by atoms with Crippen LogP contribution in [0.4, 0.5) is 5.82 Å². The highest BCUT2D eigenvalue weighted by Gasteiger charge is 2.02. The molecule has 0 saturated carbocycles. The van der Waals surface area contributed by atoms with Gasteiger partial charge in [0, 0.05) is 12.6 Å². The Morgan fingerprint density at radius 1 is 0.815 bits per heavy atom. The molecule has 1 aromatic heterocycles. The molecule has 1 aromatic carbocycles. The summed E-state index contributed by atoms with van der Waals surface area (Å²) in [5.41, 5.74) is 0. The van der Waals surface area contributed by atoms with Crippen molar-refractivity contribution in [3.8, 4) is 17.4 Å². The summed E-state index contributed by atoms with van der Waals surface area (Å²) < 4.78 is 10.9. The van der Waals surface area contributed by atoms with Gasteiger partial charge in [0.05, 0.1) is 7.11 Å². The van der Waals surface area contributed by atoms with E-state index in [0.29, 0.717) is 5.88 Å². The number of rotatable bonds is 14. The van der Waals surface area contributed by atoms with Gasteiger partial charge in [-0.25, -0.2) is 9.97 Å². The zero-order chi connectivity index (χ0) is 19.2. The number of methoxy groups -OCH3 is 1. The van der Waals surface area contributed by atoms with Crippen LogP contribution < -0.4 is 14.8 Å². The topological polar surface area (TPSA) is 56.3 Å². The fraction of sp³-hybridized carbons (Fsp3) is 0.545. The minimum Gasteiger partial charge on any atom is -0.497 e. The second kappa shape index (κ2) is 13.0. The SMILES string of the molecule is CCCCCCCCCCCNc1cc(Oc2ccc(OC)cc2)ncn1. The van der Waals surface area contributed by atoms with Crippen molar-refractivity contribution < 1.29 is 9.47 Å². The predicted molar refractivity (Wildman–Crippen MR) is 111 cm³/mol. The molecule has 27 heavy (non-hydrogen) atoms. The maximum Gasteiger partial charge on any atom is 0.224 e. The Balaban J connectivity index is 1.62. The van der Waals surface area contributed by atoms with Crippen molar-refractivity contribution >= 4 is 5.82 Å². The molecule has 0 aliphatic rings. The first-order valence-electron chi connectivity index (χ1n) is 10.2. The molecule has 1 N–H and O–H groups in total. The van der Waals surface area contributed by atoms with Crippen LogP contribution >= 0.6 is 0 Å². The highest BCUT2D eigenvalue weighted by Crippen LogP contribution is 2.23. The molecule has 5 heteroatoms. The van der Waals surface area contributed by atoms with E-state index in [1.165, 1.54) is 57.7 Å². The molecule has 148 valence electrons. The third-order valence-corrected chi connectivity index (χ3v) is 4.51. The summed E-state index contributed by atoms with van der Waals surface area (Å²) in [7, 11) is 1.64. The summed E-state index contributed by atoms with van der Waals surface area (Å²) in [5.74, 6) is 2.85. The van der Waals surface area contributed by atoms with E-state index >= 15 is 0 Å². The molecule has 0 atom stereocenters. The molecule has 0 radical (unpaired) electrons. The Morgan fingerprint density at radius 3 is 2.11 bits per heavy atom. The fourth-order valence-electron chi connectivity index (χ4n) is 2.91. The molecule has 1 heterocycles. The molecule has 2 aromatic rings. The number of unbranched alkanes of at least 4 members (excludes halogenated alkanes) is 8. The molecule has 0 saturated heterocycles. The van der Waals surface area contributed by atoms with Gasteiger partial charge in [-0.3, -0.25) is 0 Å². The van der Waals surface area contributed by atoms with Gasteiger partial charge in [-0.05, 0) is 30.7 Å². The summed E-state index contributed by atoms with van der Waals surface area (Å²) in [6.07, 6.45) is 13.5. The summed E-state index contributed by atoms with van der Waals surface area (Å²) in [4.78, 5) is 8.43. The Kier molecular flexibility index (Phi) is 10.1. The summed E-state index contributed by atoms with van der Waals surface area (Å²) in [6.45, 7) is 3.19. The minimum atomic E-state index is 0.532. The lowest BCUT2D eigenvalue weighted by Gasteiger charge is -2.08. The standard InChI is InChI=1S/C22H33N3O2/c1-3-4-5-6-7-8-9-10-11-16-23-21-17-22(25-18-24-21)27-20-14-12-19(26-2)13-15-20/h12-15,17-18H,3-11,16H2,1-2H3,(H,23,24,25). The number of ether oxygens (including phenoxy) is 2. The van der Waals surface area contributed by atoms with E-state index in [2.05, 4.69) is 22.2 Å². The number of hydrogen-bond acceptors (Lipinski definition) is 5. The van der Waals surface area contributed by atoms with E-state index in [-0.39, 0.29) is 0 Å². The fourth-order valence-corrected chi connectivity index (χ4v) is 2.91. The number of anilines is 1. The number of nitrogens with one attached hydrogen (secondary N) is 1. The van der Waals surface area contributed by atoms with Gasteiger partial charge in [-0.15, -0.1) is 0 Å². The summed E-state index contributed by atoms with van der Waals surface area (Å²) >= 11 is 0. The average Bonchev–Trinajstić information content (AvgIpc) is 2.70. The van der Waals surface area contributed by atoms with Crippen molar-refractivity contribution in [2.45, 2.75) is 64.7 Å². The highest BCUT2D eigenvalue weighted by molar-refractivity contribution is 5.39. The van der Waals surface area contributed by atoms with E-state index in [9.17, 15) is 0 Å². The van der Waals surface area contributed by atoms with E-state index < -0.39 is 0 Å². The monoisotopic (exact) mass is 371 g/mol. The Bertz CT molecular complexity index is 632.